The van der Waals surface area contributed by atoms with E-state index >= 15 is 0 Å². The van der Waals surface area contributed by atoms with Crippen molar-refractivity contribution in [2.24, 2.45) is 7.05 Å². The van der Waals surface area contributed by atoms with Crippen LogP contribution in [0.25, 0.3) is 28.0 Å². The first-order valence-electron chi connectivity index (χ1n) is 11.6. The zero-order chi connectivity index (χ0) is 24.8. The lowest BCUT2D eigenvalue weighted by Gasteiger charge is -2.25. The van der Waals surface area contributed by atoms with Gasteiger partial charge in [0.05, 0.1) is 11.2 Å². The summed E-state index contributed by atoms with van der Waals surface area (Å²) in [5, 5.41) is 17.3. The van der Waals surface area contributed by atoms with Crippen molar-refractivity contribution < 1.29 is 14.3 Å². The van der Waals surface area contributed by atoms with Gasteiger partial charge in [-0.3, -0.25) is 13.9 Å². The molecule has 2 aliphatic rings. The molecule has 0 atom stereocenters. The predicted octanol–water partition coefficient (Wildman–Crippen LogP) is 4.66. The standard InChI is InChI=1S/C18H12ClFN4O.C8H15NO/c1-23-9-14(18(20)22-23)12-4-2-3-5-13(12)16-17(19)24-7-6-11(10-25)8-15(24)21-16;1-9-7-2-4-8(10,6-7)5-3-7/h2-10H,1H3;9-10H,2-6H2,1H3. The molecule has 9 heteroatoms. The van der Waals surface area contributed by atoms with Gasteiger partial charge in [0.1, 0.15) is 22.8 Å². The lowest BCUT2D eigenvalue weighted by molar-refractivity contribution is 0.0521. The van der Waals surface area contributed by atoms with Gasteiger partial charge in [0.15, 0.2) is 0 Å². The third-order valence-electron chi connectivity index (χ3n) is 7.32. The van der Waals surface area contributed by atoms with Gasteiger partial charge in [-0.1, -0.05) is 35.9 Å². The Bertz CT molecular complexity index is 1400. The molecule has 0 saturated heterocycles. The summed E-state index contributed by atoms with van der Waals surface area (Å²) in [5.74, 6) is -0.557. The zero-order valence-corrected chi connectivity index (χ0v) is 20.4. The maximum absolute atomic E-state index is 14.2. The normalized spacial score (nSPS) is 22.9. The fourth-order valence-electron chi connectivity index (χ4n) is 5.36. The summed E-state index contributed by atoms with van der Waals surface area (Å²) >= 11 is 6.49. The summed E-state index contributed by atoms with van der Waals surface area (Å²) in [6.45, 7) is 0. The number of pyridine rings is 1. The molecule has 2 fully saturated rings. The van der Waals surface area contributed by atoms with Crippen LogP contribution in [-0.2, 0) is 7.05 Å². The molecule has 2 saturated carbocycles. The Morgan fingerprint density at radius 3 is 2.40 bits per heavy atom. The minimum Gasteiger partial charge on any atom is -0.390 e. The average molecular weight is 496 g/mol. The Morgan fingerprint density at radius 1 is 1.14 bits per heavy atom. The number of aldehydes is 1. The number of nitrogens with zero attached hydrogens (tertiary/aromatic N) is 4. The molecule has 0 amide bonds. The molecule has 0 radical (unpaired) electrons. The number of hydrogen-bond donors (Lipinski definition) is 2. The highest BCUT2D eigenvalue weighted by Crippen LogP contribution is 2.50. The SMILES string of the molecule is CNC12CCC(O)(CC1)C2.Cn1cc(-c2ccccc2-c2nc3cc(C=O)ccn3c2Cl)c(F)n1. The Labute approximate surface area is 207 Å². The summed E-state index contributed by atoms with van der Waals surface area (Å²) in [6.07, 6.45) is 9.38. The topological polar surface area (TPSA) is 84.5 Å². The van der Waals surface area contributed by atoms with Gasteiger partial charge in [0, 0.05) is 36.1 Å². The fraction of sp³-hybridized carbons (Fsp3) is 0.346. The van der Waals surface area contributed by atoms with E-state index in [0.717, 1.165) is 25.5 Å². The van der Waals surface area contributed by atoms with Gasteiger partial charge in [0.25, 0.3) is 0 Å². The summed E-state index contributed by atoms with van der Waals surface area (Å²) in [7, 11) is 3.67. The van der Waals surface area contributed by atoms with E-state index in [2.05, 4.69) is 15.4 Å². The van der Waals surface area contributed by atoms with E-state index in [4.69, 9.17) is 11.6 Å². The third-order valence-corrected chi connectivity index (χ3v) is 7.68. The van der Waals surface area contributed by atoms with Crippen LogP contribution in [0.4, 0.5) is 4.39 Å². The zero-order valence-electron chi connectivity index (χ0n) is 19.6. The molecule has 0 aliphatic heterocycles. The van der Waals surface area contributed by atoms with E-state index in [9.17, 15) is 14.3 Å². The van der Waals surface area contributed by atoms with Crippen molar-refractivity contribution in [1.82, 2.24) is 24.5 Å². The second-order valence-corrected chi connectivity index (χ2v) is 9.90. The van der Waals surface area contributed by atoms with Crippen LogP contribution in [0.3, 0.4) is 0 Å². The van der Waals surface area contributed by atoms with E-state index in [-0.39, 0.29) is 5.60 Å². The van der Waals surface area contributed by atoms with Crippen LogP contribution >= 0.6 is 11.6 Å². The van der Waals surface area contributed by atoms with Gasteiger partial charge in [-0.2, -0.15) is 4.39 Å². The lowest BCUT2D eigenvalue weighted by Crippen LogP contribution is -2.37. The van der Waals surface area contributed by atoms with E-state index in [1.807, 2.05) is 25.2 Å². The number of fused-ring (bicyclic) bond motifs is 3. The molecule has 35 heavy (non-hydrogen) atoms. The number of aliphatic hydroxyl groups is 1. The molecule has 0 unspecified atom stereocenters. The average Bonchev–Trinajstić information content (AvgIpc) is 3.59. The minimum atomic E-state index is -0.557. The van der Waals surface area contributed by atoms with Gasteiger partial charge in [-0.15, -0.1) is 5.10 Å². The van der Waals surface area contributed by atoms with Crippen LogP contribution in [0.5, 0.6) is 0 Å². The van der Waals surface area contributed by atoms with Gasteiger partial charge in [0.2, 0.25) is 5.95 Å². The highest BCUT2D eigenvalue weighted by Gasteiger charge is 2.52. The number of carbonyl (C=O) groups excluding carboxylic acids is 1. The molecule has 1 aromatic carbocycles. The molecule has 4 aromatic rings. The quantitative estimate of drug-likeness (QED) is 0.402. The monoisotopic (exact) mass is 495 g/mol. The summed E-state index contributed by atoms with van der Waals surface area (Å²) in [4.78, 5) is 15.5. The number of carbonyl (C=O) groups is 1. The number of nitrogens with one attached hydrogen (secondary N) is 1. The van der Waals surface area contributed by atoms with Gasteiger partial charge in [-0.05, 0) is 56.8 Å². The molecule has 3 aromatic heterocycles. The van der Waals surface area contributed by atoms with Crippen molar-refractivity contribution in [3.05, 3.63) is 65.5 Å². The van der Waals surface area contributed by atoms with Gasteiger partial charge >= 0.3 is 0 Å². The molecule has 2 N–H and O–H groups in total. The first kappa shape index (κ1) is 23.7. The van der Waals surface area contributed by atoms with Gasteiger partial charge in [-0.25, -0.2) is 4.98 Å². The first-order valence-corrected chi connectivity index (χ1v) is 12.0. The fourth-order valence-corrected chi connectivity index (χ4v) is 5.64. The van der Waals surface area contributed by atoms with Crippen LogP contribution in [0.2, 0.25) is 5.15 Å². The van der Waals surface area contributed by atoms with Crippen LogP contribution in [-0.4, -0.2) is 48.7 Å². The molecule has 2 aliphatic carbocycles. The van der Waals surface area contributed by atoms with Crippen molar-refractivity contribution in [2.45, 2.75) is 43.2 Å². The molecule has 182 valence electrons. The van der Waals surface area contributed by atoms with Crippen LogP contribution in [0.15, 0.2) is 48.8 Å². The van der Waals surface area contributed by atoms with E-state index in [1.54, 1.807) is 42.0 Å². The van der Waals surface area contributed by atoms with Gasteiger partial charge < -0.3 is 10.4 Å². The summed E-state index contributed by atoms with van der Waals surface area (Å²) < 4.78 is 17.3. The Hall–Kier alpha value is -3.07. The number of aryl methyl sites for hydroxylation is 1. The third kappa shape index (κ3) is 4.26. The molecule has 2 bridgehead atoms. The molecule has 7 nitrogen and oxygen atoms in total. The largest absolute Gasteiger partial charge is 0.390 e. The number of benzene rings is 1. The number of hydrogen-bond acceptors (Lipinski definition) is 5. The Kier molecular flexibility index (Phi) is 5.99. The van der Waals surface area contributed by atoms with Crippen molar-refractivity contribution in [3.8, 4) is 22.4 Å². The molecular weight excluding hydrogens is 469 g/mol. The van der Waals surface area contributed by atoms with Crippen molar-refractivity contribution >= 4 is 23.5 Å². The molecule has 3 heterocycles. The van der Waals surface area contributed by atoms with E-state index in [0.29, 0.717) is 44.3 Å². The van der Waals surface area contributed by atoms with Crippen molar-refractivity contribution in [3.63, 3.8) is 0 Å². The summed E-state index contributed by atoms with van der Waals surface area (Å²) in [6, 6.07) is 10.6. The second-order valence-electron chi connectivity index (χ2n) is 9.54. The van der Waals surface area contributed by atoms with Crippen molar-refractivity contribution in [1.29, 1.82) is 0 Å². The smallest absolute Gasteiger partial charge is 0.240 e. The number of imidazole rings is 1. The van der Waals surface area contributed by atoms with Crippen molar-refractivity contribution in [2.75, 3.05) is 7.05 Å². The minimum absolute atomic E-state index is 0.289. The second kappa shape index (κ2) is 8.86. The summed E-state index contributed by atoms with van der Waals surface area (Å²) in [5.41, 5.74) is 3.31. The molecule has 6 rings (SSSR count). The van der Waals surface area contributed by atoms with E-state index in [1.165, 1.54) is 17.5 Å². The Balaban J connectivity index is 0.000000211. The maximum atomic E-state index is 14.2. The highest BCUT2D eigenvalue weighted by molar-refractivity contribution is 6.32. The van der Waals surface area contributed by atoms with Crippen LogP contribution in [0, 0.1) is 5.95 Å². The van der Waals surface area contributed by atoms with Crippen LogP contribution < -0.4 is 5.32 Å². The van der Waals surface area contributed by atoms with Crippen LogP contribution in [0.1, 0.15) is 42.5 Å². The predicted molar refractivity (Wildman–Crippen MR) is 133 cm³/mol. The lowest BCUT2D eigenvalue weighted by atomic mass is 9.93. The molecule has 0 spiro atoms. The first-order chi connectivity index (χ1) is 16.8. The van der Waals surface area contributed by atoms with E-state index < -0.39 is 5.95 Å². The number of aromatic nitrogens is 4. The molecular formula is C26H27ClFN5O2. The highest BCUT2D eigenvalue weighted by atomic mass is 35.5. The number of halogens is 2. The maximum Gasteiger partial charge on any atom is 0.240 e. The Morgan fingerprint density at radius 2 is 1.86 bits per heavy atom. The number of rotatable bonds is 4.